The molecule has 1 N–H and O–H groups in total. The number of likely N-dealkylation sites (tertiary alicyclic amines) is 1. The monoisotopic (exact) mass is 604 g/mol. The number of amides is 1. The quantitative estimate of drug-likeness (QED) is 0.273. The smallest absolute Gasteiger partial charge is 0.256 e. The molecular formula is C35H33FN6O3. The van der Waals surface area contributed by atoms with Crippen molar-refractivity contribution in [1.29, 1.82) is 0 Å². The van der Waals surface area contributed by atoms with Gasteiger partial charge < -0.3 is 24.4 Å². The van der Waals surface area contributed by atoms with Crippen molar-refractivity contribution < 1.29 is 13.9 Å². The summed E-state index contributed by atoms with van der Waals surface area (Å²) in [6.45, 7) is 2.63. The average molecular weight is 605 g/mol. The molecule has 0 radical (unpaired) electrons. The minimum atomic E-state index is -0.563. The van der Waals surface area contributed by atoms with Crippen molar-refractivity contribution in [2.45, 2.75) is 37.6 Å². The van der Waals surface area contributed by atoms with E-state index in [0.717, 1.165) is 48.7 Å². The van der Waals surface area contributed by atoms with Gasteiger partial charge in [-0.2, -0.15) is 0 Å². The Morgan fingerprint density at radius 3 is 2.73 bits per heavy atom. The predicted molar refractivity (Wildman–Crippen MR) is 171 cm³/mol. The van der Waals surface area contributed by atoms with Crippen LogP contribution in [0.5, 0.6) is 11.5 Å². The fraction of sp³-hybridized carbons (Fsp3) is 0.314. The lowest BCUT2D eigenvalue weighted by Gasteiger charge is -2.29. The van der Waals surface area contributed by atoms with Gasteiger partial charge in [-0.05, 0) is 68.2 Å². The summed E-state index contributed by atoms with van der Waals surface area (Å²) in [6.07, 6.45) is 10.5. The molecule has 2 saturated heterocycles. The number of carbonyl (C=O) groups excluding carboxylic acids is 1. The van der Waals surface area contributed by atoms with Crippen LogP contribution in [0.3, 0.4) is 0 Å². The van der Waals surface area contributed by atoms with Crippen molar-refractivity contribution in [1.82, 2.24) is 24.8 Å². The van der Waals surface area contributed by atoms with E-state index in [1.807, 2.05) is 45.9 Å². The van der Waals surface area contributed by atoms with Crippen LogP contribution in [-0.2, 0) is 0 Å². The lowest BCUT2D eigenvalue weighted by molar-refractivity contribution is 0.0949. The molecule has 0 saturated carbocycles. The molecule has 3 aromatic carbocycles. The molecule has 2 fully saturated rings. The van der Waals surface area contributed by atoms with Gasteiger partial charge in [-0.15, -0.1) is 0 Å². The zero-order chi connectivity index (χ0) is 30.7. The third kappa shape index (κ3) is 4.71. The van der Waals surface area contributed by atoms with Gasteiger partial charge in [-0.1, -0.05) is 24.3 Å². The van der Waals surface area contributed by atoms with Gasteiger partial charge in [0.15, 0.2) is 17.3 Å². The molecule has 1 amide bonds. The highest BCUT2D eigenvalue weighted by Gasteiger charge is 2.34. The van der Waals surface area contributed by atoms with Gasteiger partial charge in [0, 0.05) is 56.4 Å². The second-order valence-electron chi connectivity index (χ2n) is 12.3. The number of halogens is 1. The first-order valence-corrected chi connectivity index (χ1v) is 15.6. The minimum Gasteiger partial charge on any atom is -0.451 e. The van der Waals surface area contributed by atoms with Crippen molar-refractivity contribution in [2.24, 2.45) is 0 Å². The number of benzene rings is 3. The largest absolute Gasteiger partial charge is 0.451 e. The molecule has 2 aromatic heterocycles. The summed E-state index contributed by atoms with van der Waals surface area (Å²) in [4.78, 5) is 40.4. The molecule has 5 heterocycles. The van der Waals surface area contributed by atoms with Crippen LogP contribution in [0.15, 0.2) is 72.0 Å². The highest BCUT2D eigenvalue weighted by molar-refractivity contribution is 6.02. The zero-order valence-corrected chi connectivity index (χ0v) is 25.0. The van der Waals surface area contributed by atoms with Crippen LogP contribution in [0.2, 0.25) is 0 Å². The van der Waals surface area contributed by atoms with Crippen molar-refractivity contribution in [3.63, 3.8) is 0 Å². The highest BCUT2D eigenvalue weighted by atomic mass is 19.1. The molecule has 9 nitrogen and oxygen atoms in total. The van der Waals surface area contributed by atoms with Crippen LogP contribution in [-0.4, -0.2) is 64.6 Å². The number of nitrogens with zero attached hydrogens (tertiary/aromatic N) is 5. The Balaban J connectivity index is 1.24. The van der Waals surface area contributed by atoms with Gasteiger partial charge >= 0.3 is 0 Å². The number of ether oxygens (including phenoxy) is 1. The molecule has 5 aromatic rings. The van der Waals surface area contributed by atoms with Crippen LogP contribution < -0.4 is 20.4 Å². The van der Waals surface area contributed by atoms with E-state index in [9.17, 15) is 9.59 Å². The van der Waals surface area contributed by atoms with E-state index in [1.165, 1.54) is 6.07 Å². The summed E-state index contributed by atoms with van der Waals surface area (Å²) in [5, 5.41) is 5.01. The summed E-state index contributed by atoms with van der Waals surface area (Å²) >= 11 is 0. The summed E-state index contributed by atoms with van der Waals surface area (Å²) in [5.41, 5.74) is 1.76. The van der Waals surface area contributed by atoms with Crippen LogP contribution in [0.1, 0.15) is 47.7 Å². The summed E-state index contributed by atoms with van der Waals surface area (Å²) in [7, 11) is 2.10. The van der Waals surface area contributed by atoms with E-state index in [-0.39, 0.29) is 22.6 Å². The second kappa shape index (κ2) is 11.0. The normalized spacial score (nSPS) is 19.2. The number of rotatable bonds is 6. The fourth-order valence-electron chi connectivity index (χ4n) is 7.26. The number of aromatic nitrogens is 3. The molecule has 228 valence electrons. The van der Waals surface area contributed by atoms with Crippen molar-refractivity contribution in [2.75, 3.05) is 38.1 Å². The maximum absolute atomic E-state index is 16.3. The van der Waals surface area contributed by atoms with Crippen molar-refractivity contribution in [3.05, 3.63) is 94.5 Å². The molecule has 2 atom stereocenters. The lowest BCUT2D eigenvalue weighted by Crippen LogP contribution is -2.34. The number of fused-ring (bicyclic) bond motifs is 3. The number of carbonyl (C=O) groups is 1. The Kier molecular flexibility index (Phi) is 6.74. The van der Waals surface area contributed by atoms with Crippen molar-refractivity contribution >= 4 is 33.3 Å². The first kappa shape index (κ1) is 27.7. The Hall–Kier alpha value is -4.83. The third-order valence-electron chi connectivity index (χ3n) is 9.65. The van der Waals surface area contributed by atoms with E-state index in [1.54, 1.807) is 24.8 Å². The average Bonchev–Trinajstić information content (AvgIpc) is 3.71. The van der Waals surface area contributed by atoms with E-state index < -0.39 is 17.2 Å². The number of hydrogen-bond acceptors (Lipinski definition) is 7. The van der Waals surface area contributed by atoms with E-state index >= 15 is 4.39 Å². The van der Waals surface area contributed by atoms with E-state index in [0.29, 0.717) is 48.3 Å². The van der Waals surface area contributed by atoms with E-state index in [2.05, 4.69) is 27.2 Å². The zero-order valence-electron chi connectivity index (χ0n) is 25.0. The number of hydrogen-bond donors (Lipinski definition) is 1. The molecule has 0 aliphatic carbocycles. The molecule has 0 bridgehead atoms. The Morgan fingerprint density at radius 1 is 1.11 bits per heavy atom. The number of pyridine rings is 1. The predicted octanol–water partition coefficient (Wildman–Crippen LogP) is 5.39. The van der Waals surface area contributed by atoms with Gasteiger partial charge in [0.2, 0.25) is 5.43 Å². The van der Waals surface area contributed by atoms with E-state index in [4.69, 9.17) is 4.74 Å². The standard InChI is InChI=1S/C35H33FN6O3/c1-40-13-4-7-24(40)8-10-39-35(44)26-20-42-29-15-21-5-2-3-6-22(21)16-30(29)45-34-31(42)25(33(26)43)17-27(36)32(34)41-14-9-23(19-41)28-18-37-11-12-38-28/h2-3,5-6,11-12,15-18,20,23-24H,4,7-10,13-14,19H2,1H3,(H,39,44)/t23-,24-/m0/s1. The highest BCUT2D eigenvalue weighted by Crippen LogP contribution is 2.48. The van der Waals surface area contributed by atoms with Gasteiger partial charge in [0.1, 0.15) is 16.8 Å². The molecule has 10 heteroatoms. The first-order chi connectivity index (χ1) is 22.0. The second-order valence-corrected chi connectivity index (χ2v) is 12.3. The lowest BCUT2D eigenvalue weighted by atomic mass is 10.0. The first-order valence-electron chi connectivity index (χ1n) is 15.6. The maximum atomic E-state index is 16.3. The molecular weight excluding hydrogens is 571 g/mol. The molecule has 0 unspecified atom stereocenters. The SMILES string of the molecule is CN1CCC[C@H]1CCNC(=O)c1cn2c3c(c(N4CC[C@H](c5cnccn5)C4)c(F)cc3c1=O)Oc1cc3ccccc3cc1-2. The van der Waals surface area contributed by atoms with Crippen LogP contribution >= 0.6 is 0 Å². The summed E-state index contributed by atoms with van der Waals surface area (Å²) in [5.74, 6) is -0.137. The Morgan fingerprint density at radius 2 is 1.96 bits per heavy atom. The molecule has 0 spiro atoms. The number of anilines is 1. The molecule has 3 aliphatic rings. The Bertz CT molecular complexity index is 2030. The fourth-order valence-corrected chi connectivity index (χ4v) is 7.26. The molecule has 45 heavy (non-hydrogen) atoms. The van der Waals surface area contributed by atoms with Gasteiger partial charge in [0.25, 0.3) is 5.91 Å². The van der Waals surface area contributed by atoms with Gasteiger partial charge in [0.05, 0.1) is 16.8 Å². The topological polar surface area (TPSA) is 92.6 Å². The minimum absolute atomic E-state index is 0.0229. The molecule has 3 aliphatic heterocycles. The van der Waals surface area contributed by atoms with Crippen LogP contribution in [0.4, 0.5) is 10.1 Å². The Labute approximate surface area is 259 Å². The van der Waals surface area contributed by atoms with Crippen LogP contribution in [0.25, 0.3) is 27.4 Å². The van der Waals surface area contributed by atoms with Crippen LogP contribution in [0, 0.1) is 5.82 Å². The van der Waals surface area contributed by atoms with Crippen molar-refractivity contribution in [3.8, 4) is 17.2 Å². The third-order valence-corrected chi connectivity index (χ3v) is 9.65. The molecule has 8 rings (SSSR count). The summed E-state index contributed by atoms with van der Waals surface area (Å²) in [6, 6.07) is 13.5. The number of nitrogens with one attached hydrogen (secondary N) is 1. The van der Waals surface area contributed by atoms with Gasteiger partial charge in [-0.25, -0.2) is 4.39 Å². The summed E-state index contributed by atoms with van der Waals surface area (Å²) < 4.78 is 24.6. The van der Waals surface area contributed by atoms with Gasteiger partial charge in [-0.3, -0.25) is 19.6 Å². The maximum Gasteiger partial charge on any atom is 0.256 e.